The second-order valence-electron chi connectivity index (χ2n) is 7.30. The Kier molecular flexibility index (Phi) is 6.60. The first-order chi connectivity index (χ1) is 13.6. The number of hydrogen-bond acceptors (Lipinski definition) is 6. The molecule has 0 radical (unpaired) electrons. The van der Waals surface area contributed by atoms with E-state index in [1.54, 1.807) is 14.2 Å². The third-order valence-electron chi connectivity index (χ3n) is 5.14. The van der Waals surface area contributed by atoms with Gasteiger partial charge in [0.15, 0.2) is 11.5 Å². The Bertz CT molecular complexity index is 803. The summed E-state index contributed by atoms with van der Waals surface area (Å²) >= 11 is 0. The third-order valence-corrected chi connectivity index (χ3v) is 5.14. The zero-order valence-corrected chi connectivity index (χ0v) is 17.8. The van der Waals surface area contributed by atoms with Gasteiger partial charge in [-0.05, 0) is 49.4 Å². The maximum atomic E-state index is 5.49. The Morgan fingerprint density at radius 3 is 2.21 bits per heavy atom. The van der Waals surface area contributed by atoms with E-state index in [1.165, 1.54) is 11.1 Å². The Balaban J connectivity index is 1.89. The molecule has 0 bridgehead atoms. The lowest BCUT2D eigenvalue weighted by molar-refractivity contribution is 0.353. The zero-order valence-electron chi connectivity index (χ0n) is 17.8. The molecule has 0 unspecified atom stereocenters. The molecule has 0 N–H and O–H groups in total. The quantitative estimate of drug-likeness (QED) is 0.686. The number of rotatable bonds is 8. The van der Waals surface area contributed by atoms with Crippen LogP contribution in [0, 0.1) is 6.92 Å². The summed E-state index contributed by atoms with van der Waals surface area (Å²) in [7, 11) is 3.36. The second kappa shape index (κ2) is 9.13. The summed E-state index contributed by atoms with van der Waals surface area (Å²) in [5.74, 6) is 3.40. The summed E-state index contributed by atoms with van der Waals surface area (Å²) in [5, 5.41) is 0. The van der Waals surface area contributed by atoms with Gasteiger partial charge in [-0.25, -0.2) is 4.98 Å². The second-order valence-corrected chi connectivity index (χ2v) is 7.30. The predicted octanol–water partition coefficient (Wildman–Crippen LogP) is 3.99. The average Bonchev–Trinajstić information content (AvgIpc) is 2.71. The van der Waals surface area contributed by atoms with Gasteiger partial charge in [-0.15, -0.1) is 0 Å². The molecule has 0 saturated heterocycles. The Morgan fingerprint density at radius 1 is 0.964 bits per heavy atom. The molecule has 0 fully saturated rings. The molecular weight excluding hydrogens is 352 g/mol. The molecule has 28 heavy (non-hydrogen) atoms. The molecule has 1 aromatic heterocycles. The molecule has 1 aliphatic heterocycles. The van der Waals surface area contributed by atoms with Gasteiger partial charge in [-0.3, -0.25) is 0 Å². The number of aryl methyl sites for hydroxylation is 1. The van der Waals surface area contributed by atoms with Crippen LogP contribution in [0.1, 0.15) is 43.5 Å². The predicted molar refractivity (Wildman–Crippen MR) is 114 cm³/mol. The van der Waals surface area contributed by atoms with E-state index in [1.807, 2.05) is 0 Å². The molecule has 0 spiro atoms. The van der Waals surface area contributed by atoms with Crippen LogP contribution in [0.4, 0.5) is 11.8 Å². The topological polar surface area (TPSA) is 50.7 Å². The molecular formula is C22H32N4O2. The van der Waals surface area contributed by atoms with Gasteiger partial charge in [-0.1, -0.05) is 13.8 Å². The minimum absolute atomic E-state index is 0.769. The Hall–Kier alpha value is -2.50. The maximum Gasteiger partial charge on any atom is 0.227 e. The molecule has 0 saturated carbocycles. The zero-order chi connectivity index (χ0) is 20.1. The van der Waals surface area contributed by atoms with Crippen LogP contribution < -0.4 is 19.3 Å². The van der Waals surface area contributed by atoms with Crippen molar-refractivity contribution < 1.29 is 9.47 Å². The van der Waals surface area contributed by atoms with Crippen LogP contribution in [0.3, 0.4) is 0 Å². The van der Waals surface area contributed by atoms with Gasteiger partial charge in [0.25, 0.3) is 0 Å². The van der Waals surface area contributed by atoms with Crippen LogP contribution in [0.5, 0.6) is 11.5 Å². The molecule has 2 aromatic rings. The molecule has 3 rings (SSSR count). The summed E-state index contributed by atoms with van der Waals surface area (Å²) < 4.78 is 10.9. The fraction of sp³-hybridized carbons (Fsp3) is 0.545. The fourth-order valence-corrected chi connectivity index (χ4v) is 3.77. The van der Waals surface area contributed by atoms with Crippen LogP contribution in [-0.4, -0.2) is 43.8 Å². The largest absolute Gasteiger partial charge is 0.493 e. The van der Waals surface area contributed by atoms with Crippen molar-refractivity contribution >= 4 is 11.8 Å². The highest BCUT2D eigenvalue weighted by Crippen LogP contribution is 2.34. The molecule has 0 amide bonds. The molecule has 2 heterocycles. The first-order valence-corrected chi connectivity index (χ1v) is 10.2. The van der Waals surface area contributed by atoms with Gasteiger partial charge >= 0.3 is 0 Å². The van der Waals surface area contributed by atoms with Gasteiger partial charge in [0.1, 0.15) is 5.82 Å². The standard InChI is InChI=1S/C22H32N4O2/c1-6-9-25(10-7-2)21-12-16(3)23-22(24-21)26-11-8-17-13-19(27-4)20(28-5)14-18(17)15-26/h12-14H,6-11,15H2,1-5H3. The number of methoxy groups -OCH3 is 2. The van der Waals surface area contributed by atoms with Crippen LogP contribution in [-0.2, 0) is 13.0 Å². The lowest BCUT2D eigenvalue weighted by Gasteiger charge is -2.31. The highest BCUT2D eigenvalue weighted by molar-refractivity contribution is 5.52. The SMILES string of the molecule is CCCN(CCC)c1cc(C)nc(N2CCc3cc(OC)c(OC)cc3C2)n1. The lowest BCUT2D eigenvalue weighted by atomic mass is 9.99. The van der Waals surface area contributed by atoms with Gasteiger partial charge in [-0.2, -0.15) is 4.98 Å². The van der Waals surface area contributed by atoms with E-state index in [0.29, 0.717) is 0 Å². The highest BCUT2D eigenvalue weighted by atomic mass is 16.5. The van der Waals surface area contributed by atoms with Crippen LogP contribution >= 0.6 is 0 Å². The Labute approximate surface area is 168 Å². The molecule has 6 nitrogen and oxygen atoms in total. The van der Waals surface area contributed by atoms with Crippen molar-refractivity contribution in [3.8, 4) is 11.5 Å². The third kappa shape index (κ3) is 4.32. The number of nitrogens with zero attached hydrogens (tertiary/aromatic N) is 4. The first-order valence-electron chi connectivity index (χ1n) is 10.2. The van der Waals surface area contributed by atoms with Crippen molar-refractivity contribution in [1.29, 1.82) is 0 Å². The van der Waals surface area contributed by atoms with Crippen molar-refractivity contribution in [1.82, 2.24) is 9.97 Å². The number of ether oxygens (including phenoxy) is 2. The van der Waals surface area contributed by atoms with Crippen molar-refractivity contribution in [3.63, 3.8) is 0 Å². The summed E-state index contributed by atoms with van der Waals surface area (Å²) in [6.45, 7) is 10.2. The molecule has 0 aliphatic carbocycles. The van der Waals surface area contributed by atoms with E-state index in [-0.39, 0.29) is 0 Å². The van der Waals surface area contributed by atoms with E-state index in [9.17, 15) is 0 Å². The minimum atomic E-state index is 0.769. The molecule has 6 heteroatoms. The summed E-state index contributed by atoms with van der Waals surface area (Å²) in [6, 6.07) is 6.27. The molecule has 1 aliphatic rings. The van der Waals surface area contributed by atoms with Crippen molar-refractivity contribution in [2.45, 2.75) is 46.6 Å². The molecule has 152 valence electrons. The minimum Gasteiger partial charge on any atom is -0.493 e. The van der Waals surface area contributed by atoms with Crippen LogP contribution in [0.25, 0.3) is 0 Å². The monoisotopic (exact) mass is 384 g/mol. The number of aromatic nitrogens is 2. The van der Waals surface area contributed by atoms with E-state index >= 15 is 0 Å². The Morgan fingerprint density at radius 2 is 1.61 bits per heavy atom. The lowest BCUT2D eigenvalue weighted by Crippen LogP contribution is -2.33. The number of fused-ring (bicyclic) bond motifs is 1. The fourth-order valence-electron chi connectivity index (χ4n) is 3.77. The number of anilines is 2. The van der Waals surface area contributed by atoms with E-state index < -0.39 is 0 Å². The van der Waals surface area contributed by atoms with Gasteiger partial charge < -0.3 is 19.3 Å². The summed E-state index contributed by atoms with van der Waals surface area (Å²) in [6.07, 6.45) is 3.16. The van der Waals surface area contributed by atoms with E-state index in [2.05, 4.69) is 48.8 Å². The smallest absolute Gasteiger partial charge is 0.227 e. The van der Waals surface area contributed by atoms with E-state index in [0.717, 1.165) is 74.4 Å². The van der Waals surface area contributed by atoms with E-state index in [4.69, 9.17) is 19.4 Å². The number of hydrogen-bond donors (Lipinski definition) is 0. The van der Waals surface area contributed by atoms with Gasteiger partial charge in [0, 0.05) is 37.9 Å². The maximum absolute atomic E-state index is 5.49. The summed E-state index contributed by atoms with van der Waals surface area (Å²) in [5.41, 5.74) is 3.56. The first kappa shape index (κ1) is 20.2. The van der Waals surface area contributed by atoms with Gasteiger partial charge in [0.2, 0.25) is 5.95 Å². The highest BCUT2D eigenvalue weighted by Gasteiger charge is 2.22. The van der Waals surface area contributed by atoms with Crippen molar-refractivity contribution in [2.75, 3.05) is 43.7 Å². The summed E-state index contributed by atoms with van der Waals surface area (Å²) in [4.78, 5) is 14.3. The van der Waals surface area contributed by atoms with Gasteiger partial charge in [0.05, 0.1) is 14.2 Å². The van der Waals surface area contributed by atoms with Crippen molar-refractivity contribution in [2.24, 2.45) is 0 Å². The van der Waals surface area contributed by atoms with Crippen LogP contribution in [0.2, 0.25) is 0 Å². The molecule has 0 atom stereocenters. The average molecular weight is 385 g/mol. The molecule has 1 aromatic carbocycles. The number of benzene rings is 1. The van der Waals surface area contributed by atoms with Crippen molar-refractivity contribution in [3.05, 3.63) is 35.0 Å². The normalized spacial score (nSPS) is 13.2. The van der Waals surface area contributed by atoms with Crippen LogP contribution in [0.15, 0.2) is 18.2 Å².